The molecule has 0 spiro atoms. The third-order valence-corrected chi connectivity index (χ3v) is 6.32. The smallest absolute Gasteiger partial charge is 0.426 e. The van der Waals surface area contributed by atoms with Crippen LogP contribution in [-0.4, -0.2) is 12.8 Å². The van der Waals surface area contributed by atoms with E-state index in [1.165, 1.54) is 30.5 Å². The van der Waals surface area contributed by atoms with Gasteiger partial charge in [0.1, 0.15) is 17.4 Å². The Morgan fingerprint density at radius 3 is 2.00 bits per heavy atom. The fourth-order valence-corrected chi connectivity index (χ4v) is 4.08. The van der Waals surface area contributed by atoms with Gasteiger partial charge in [-0.05, 0) is 78.2 Å². The van der Waals surface area contributed by atoms with Crippen LogP contribution in [0.3, 0.4) is 0 Å². The maximum atomic E-state index is 14.8. The van der Waals surface area contributed by atoms with Gasteiger partial charge in [-0.25, -0.2) is 17.6 Å². The lowest BCUT2D eigenvalue weighted by Crippen LogP contribution is -2.21. The number of halogens is 6. The molecule has 39 heavy (non-hydrogen) atoms. The van der Waals surface area contributed by atoms with Gasteiger partial charge in [0.05, 0.1) is 5.56 Å². The van der Waals surface area contributed by atoms with Crippen LogP contribution in [0.15, 0.2) is 78.9 Å². The molecule has 0 fully saturated rings. The number of nitrogens with one attached hydrogen (secondary N) is 1. The van der Waals surface area contributed by atoms with Gasteiger partial charge < -0.3 is 15.9 Å². The van der Waals surface area contributed by atoms with Crippen LogP contribution in [0.25, 0.3) is 22.3 Å². The summed E-state index contributed by atoms with van der Waals surface area (Å²) >= 11 is 0. The van der Waals surface area contributed by atoms with Crippen LogP contribution in [-0.2, 0) is 12.5 Å². The molecule has 0 radical (unpaired) electrons. The quantitative estimate of drug-likeness (QED) is 0.158. The Morgan fingerprint density at radius 1 is 0.744 bits per heavy atom. The minimum absolute atomic E-state index is 0.0340. The third kappa shape index (κ3) is 6.49. The SMILES string of the molecule is N=CC(CN)CCc1ccc(-c2ccc(C(F)(F)Oc3ccc(-c4ccc(F)c(F)c4)c(F)c3)cc2)c(F)c1. The predicted molar refractivity (Wildman–Crippen MR) is 138 cm³/mol. The molecule has 0 aliphatic heterocycles. The lowest BCUT2D eigenvalue weighted by molar-refractivity contribution is -0.185. The van der Waals surface area contributed by atoms with Gasteiger partial charge in [0.2, 0.25) is 0 Å². The normalized spacial score (nSPS) is 12.3. The monoisotopic (exact) mass is 542 g/mol. The number of ether oxygens (including phenoxy) is 1. The summed E-state index contributed by atoms with van der Waals surface area (Å²) in [5.74, 6) is -4.30. The zero-order valence-corrected chi connectivity index (χ0v) is 20.5. The van der Waals surface area contributed by atoms with Crippen LogP contribution < -0.4 is 10.5 Å². The van der Waals surface area contributed by atoms with Gasteiger partial charge in [0.15, 0.2) is 11.6 Å². The Balaban J connectivity index is 1.47. The van der Waals surface area contributed by atoms with Crippen LogP contribution >= 0.6 is 0 Å². The van der Waals surface area contributed by atoms with Crippen molar-refractivity contribution in [2.24, 2.45) is 11.7 Å². The maximum absolute atomic E-state index is 14.8. The molecule has 4 aromatic rings. The molecule has 0 aliphatic carbocycles. The van der Waals surface area contributed by atoms with Crippen molar-refractivity contribution in [2.75, 3.05) is 6.54 Å². The minimum atomic E-state index is -3.84. The minimum Gasteiger partial charge on any atom is -0.429 e. The van der Waals surface area contributed by atoms with Crippen LogP contribution in [0.5, 0.6) is 5.75 Å². The molecule has 0 aromatic heterocycles. The van der Waals surface area contributed by atoms with Gasteiger partial charge in [0, 0.05) is 29.7 Å². The van der Waals surface area contributed by atoms with E-state index in [9.17, 15) is 26.3 Å². The van der Waals surface area contributed by atoms with E-state index in [1.807, 2.05) is 0 Å². The molecule has 0 aliphatic rings. The molecule has 0 bridgehead atoms. The van der Waals surface area contributed by atoms with Gasteiger partial charge in [-0.3, -0.25) is 0 Å². The second-order valence-corrected chi connectivity index (χ2v) is 8.98. The molecule has 4 rings (SSSR count). The number of alkyl halides is 2. The van der Waals surface area contributed by atoms with Crippen molar-refractivity contribution in [3.63, 3.8) is 0 Å². The van der Waals surface area contributed by atoms with E-state index in [4.69, 9.17) is 15.9 Å². The number of rotatable bonds is 10. The van der Waals surface area contributed by atoms with E-state index in [2.05, 4.69) is 0 Å². The first kappa shape index (κ1) is 27.9. The summed E-state index contributed by atoms with van der Waals surface area (Å²) in [7, 11) is 0. The van der Waals surface area contributed by atoms with Crippen molar-refractivity contribution in [1.29, 1.82) is 5.41 Å². The Kier molecular flexibility index (Phi) is 8.40. The maximum Gasteiger partial charge on any atom is 0.426 e. The predicted octanol–water partition coefficient (Wildman–Crippen LogP) is 7.86. The van der Waals surface area contributed by atoms with Gasteiger partial charge in [0.25, 0.3) is 0 Å². The number of nitrogens with two attached hydrogens (primary N) is 1. The number of hydrogen-bond acceptors (Lipinski definition) is 3. The first-order valence-corrected chi connectivity index (χ1v) is 12.0. The van der Waals surface area contributed by atoms with Crippen LogP contribution in [0.2, 0.25) is 0 Å². The summed E-state index contributed by atoms with van der Waals surface area (Å²) in [6.45, 7) is 0.336. The third-order valence-electron chi connectivity index (χ3n) is 6.32. The second-order valence-electron chi connectivity index (χ2n) is 8.98. The molecule has 3 nitrogen and oxygen atoms in total. The van der Waals surface area contributed by atoms with Crippen molar-refractivity contribution >= 4 is 6.21 Å². The summed E-state index contributed by atoms with van der Waals surface area (Å²) in [6.07, 6.45) is -1.42. The molecule has 1 unspecified atom stereocenters. The largest absolute Gasteiger partial charge is 0.429 e. The average molecular weight is 543 g/mol. The highest BCUT2D eigenvalue weighted by atomic mass is 19.3. The molecule has 9 heteroatoms. The second kappa shape index (κ2) is 11.7. The molecule has 0 saturated carbocycles. The van der Waals surface area contributed by atoms with Gasteiger partial charge in [-0.1, -0.05) is 30.3 Å². The lowest BCUT2D eigenvalue weighted by atomic mass is 9.97. The molecule has 1 atom stereocenters. The van der Waals surface area contributed by atoms with E-state index in [-0.39, 0.29) is 22.6 Å². The molecular weight excluding hydrogens is 518 g/mol. The van der Waals surface area contributed by atoms with Crippen LogP contribution in [0.4, 0.5) is 26.3 Å². The summed E-state index contributed by atoms with van der Waals surface area (Å²) in [6, 6.07) is 15.3. The van der Waals surface area contributed by atoms with Crippen molar-refractivity contribution in [1.82, 2.24) is 0 Å². The standard InChI is InChI=1S/C30H24F6N2O/c31-26-12-6-21(14-29(26)34)25-11-9-23(15-28(25)33)39-30(35,36)22-7-4-20(5-8-22)24-10-3-18(13-27(24)32)1-2-19(16-37)17-38/h3-16,19,37H,1-2,17,38H2. The summed E-state index contributed by atoms with van der Waals surface area (Å²) in [5, 5.41) is 7.32. The Morgan fingerprint density at radius 2 is 1.38 bits per heavy atom. The summed E-state index contributed by atoms with van der Waals surface area (Å²) < 4.78 is 90.4. The molecule has 0 heterocycles. The summed E-state index contributed by atoms with van der Waals surface area (Å²) in [5.41, 5.74) is 6.30. The average Bonchev–Trinajstić information content (AvgIpc) is 2.91. The van der Waals surface area contributed by atoms with Crippen LogP contribution in [0, 0.1) is 34.6 Å². The first-order chi connectivity index (χ1) is 18.6. The van der Waals surface area contributed by atoms with Crippen molar-refractivity contribution in [3.8, 4) is 28.0 Å². The number of aryl methyl sites for hydroxylation is 1. The highest BCUT2D eigenvalue weighted by Crippen LogP contribution is 2.35. The zero-order valence-electron chi connectivity index (χ0n) is 20.5. The van der Waals surface area contributed by atoms with E-state index in [0.29, 0.717) is 24.9 Å². The van der Waals surface area contributed by atoms with Crippen molar-refractivity contribution < 1.29 is 31.1 Å². The van der Waals surface area contributed by atoms with E-state index < -0.39 is 40.7 Å². The van der Waals surface area contributed by atoms with Gasteiger partial charge in [-0.2, -0.15) is 8.78 Å². The lowest BCUT2D eigenvalue weighted by Gasteiger charge is -2.19. The Hall–Kier alpha value is -4.11. The highest BCUT2D eigenvalue weighted by Gasteiger charge is 2.34. The van der Waals surface area contributed by atoms with Crippen molar-refractivity contribution in [3.05, 3.63) is 113 Å². The molecular formula is C30H24F6N2O. The van der Waals surface area contributed by atoms with E-state index in [0.717, 1.165) is 48.0 Å². The van der Waals surface area contributed by atoms with E-state index >= 15 is 0 Å². The topological polar surface area (TPSA) is 59.1 Å². The summed E-state index contributed by atoms with van der Waals surface area (Å²) in [4.78, 5) is 0. The van der Waals surface area contributed by atoms with Gasteiger partial charge >= 0.3 is 6.11 Å². The number of benzene rings is 4. The van der Waals surface area contributed by atoms with Gasteiger partial charge in [-0.15, -0.1) is 0 Å². The molecule has 202 valence electrons. The Bertz CT molecular complexity index is 1470. The molecule has 0 amide bonds. The van der Waals surface area contributed by atoms with Crippen LogP contribution in [0.1, 0.15) is 17.5 Å². The zero-order chi connectivity index (χ0) is 28.2. The van der Waals surface area contributed by atoms with E-state index in [1.54, 1.807) is 12.1 Å². The fraction of sp³-hybridized carbons (Fsp3) is 0.167. The highest BCUT2D eigenvalue weighted by molar-refractivity contribution is 5.66. The van der Waals surface area contributed by atoms with Crippen molar-refractivity contribution in [2.45, 2.75) is 19.0 Å². The molecule has 3 N–H and O–H groups in total. The first-order valence-electron chi connectivity index (χ1n) is 12.0. The Labute approximate surface area is 221 Å². The number of hydrogen-bond donors (Lipinski definition) is 2. The fourth-order valence-electron chi connectivity index (χ4n) is 4.08. The molecule has 4 aromatic carbocycles. The molecule has 0 saturated heterocycles.